The van der Waals surface area contributed by atoms with Crippen LogP contribution in [0.25, 0.3) is 0 Å². The second-order valence-electron chi connectivity index (χ2n) is 9.48. The van der Waals surface area contributed by atoms with Gasteiger partial charge >= 0.3 is 0 Å². The molecular weight excluding hydrogens is 450 g/mol. The van der Waals surface area contributed by atoms with E-state index in [9.17, 15) is 20.1 Å². The van der Waals surface area contributed by atoms with E-state index < -0.39 is 54.7 Å². The fraction of sp³-hybridized carbons (Fsp3) is 0.864. The van der Waals surface area contributed by atoms with Crippen molar-refractivity contribution in [2.24, 2.45) is 5.73 Å². The van der Waals surface area contributed by atoms with Gasteiger partial charge in [-0.25, -0.2) is 0 Å². The van der Waals surface area contributed by atoms with Gasteiger partial charge in [0.05, 0.1) is 24.8 Å². The first-order chi connectivity index (χ1) is 16.2. The number of rotatable bonds is 11. The lowest BCUT2D eigenvalue weighted by Crippen LogP contribution is -2.65. The molecule has 9 atom stereocenters. The van der Waals surface area contributed by atoms with E-state index in [2.05, 4.69) is 10.6 Å². The Labute approximate surface area is 199 Å². The molecule has 34 heavy (non-hydrogen) atoms. The fourth-order valence-corrected chi connectivity index (χ4v) is 4.57. The highest BCUT2D eigenvalue weighted by Crippen LogP contribution is 2.31. The number of allylic oxidation sites excluding steroid dienone is 1. The van der Waals surface area contributed by atoms with Crippen LogP contribution in [0.1, 0.15) is 39.0 Å². The Morgan fingerprint density at radius 3 is 2.82 bits per heavy atom. The SMILES string of the molecule is C[C@]1(O)COC(O[C@H]2C(NC=O)CC(N)[C@@H](O[C@@H]3CCC=C(CNCCCO)O3)C2O)C(O)C1. The average molecular weight is 490 g/mol. The summed E-state index contributed by atoms with van der Waals surface area (Å²) >= 11 is 0. The van der Waals surface area contributed by atoms with Gasteiger partial charge in [-0.05, 0) is 38.8 Å². The molecule has 12 heteroatoms. The van der Waals surface area contributed by atoms with Crippen LogP contribution in [0, 0.1) is 0 Å². The largest absolute Gasteiger partial charge is 0.468 e. The fourth-order valence-electron chi connectivity index (χ4n) is 4.57. The zero-order valence-electron chi connectivity index (χ0n) is 19.5. The van der Waals surface area contributed by atoms with Crippen LogP contribution in [0.15, 0.2) is 11.8 Å². The topological polar surface area (TPSA) is 185 Å². The van der Waals surface area contributed by atoms with E-state index >= 15 is 0 Å². The van der Waals surface area contributed by atoms with Crippen LogP contribution < -0.4 is 16.4 Å². The molecule has 2 aliphatic heterocycles. The van der Waals surface area contributed by atoms with E-state index in [0.29, 0.717) is 38.1 Å². The second-order valence-corrected chi connectivity index (χ2v) is 9.48. The molecule has 0 aromatic carbocycles. The minimum absolute atomic E-state index is 0.0415. The number of hydrogen-bond donors (Lipinski definition) is 7. The molecule has 0 aromatic heterocycles. The van der Waals surface area contributed by atoms with Crippen LogP contribution in [-0.2, 0) is 23.7 Å². The summed E-state index contributed by atoms with van der Waals surface area (Å²) < 4.78 is 23.4. The molecule has 3 rings (SSSR count). The van der Waals surface area contributed by atoms with Crippen LogP contribution in [0.2, 0.25) is 0 Å². The number of hydrogen-bond acceptors (Lipinski definition) is 11. The Morgan fingerprint density at radius 2 is 2.12 bits per heavy atom. The van der Waals surface area contributed by atoms with Gasteiger partial charge in [0.1, 0.15) is 30.2 Å². The van der Waals surface area contributed by atoms with Gasteiger partial charge in [-0.2, -0.15) is 0 Å². The first-order valence-corrected chi connectivity index (χ1v) is 11.9. The predicted molar refractivity (Wildman–Crippen MR) is 119 cm³/mol. The molecular formula is C22H39N3O9. The summed E-state index contributed by atoms with van der Waals surface area (Å²) in [7, 11) is 0. The number of amides is 1. The number of carbonyl (C=O) groups is 1. The van der Waals surface area contributed by atoms with Crippen LogP contribution in [0.3, 0.4) is 0 Å². The first-order valence-electron chi connectivity index (χ1n) is 11.9. The lowest BCUT2D eigenvalue weighted by atomic mass is 9.83. The van der Waals surface area contributed by atoms with E-state index in [1.807, 2.05) is 6.08 Å². The van der Waals surface area contributed by atoms with Gasteiger partial charge in [0.15, 0.2) is 12.6 Å². The maximum atomic E-state index is 11.2. The number of aliphatic hydroxyl groups is 4. The molecule has 5 unspecified atom stereocenters. The maximum absolute atomic E-state index is 11.2. The van der Waals surface area contributed by atoms with Crippen molar-refractivity contribution in [3.05, 3.63) is 11.8 Å². The van der Waals surface area contributed by atoms with Crippen molar-refractivity contribution in [1.29, 1.82) is 0 Å². The van der Waals surface area contributed by atoms with Crippen molar-refractivity contribution in [1.82, 2.24) is 10.6 Å². The minimum Gasteiger partial charge on any atom is -0.468 e. The highest BCUT2D eigenvalue weighted by molar-refractivity contribution is 5.47. The third-order valence-corrected chi connectivity index (χ3v) is 6.29. The third kappa shape index (κ3) is 7.33. The Hall–Kier alpha value is -1.35. The van der Waals surface area contributed by atoms with Crippen molar-refractivity contribution >= 4 is 6.41 Å². The molecule has 1 aliphatic carbocycles. The van der Waals surface area contributed by atoms with Crippen molar-refractivity contribution in [2.75, 3.05) is 26.3 Å². The van der Waals surface area contributed by atoms with Gasteiger partial charge in [0, 0.05) is 25.5 Å². The second kappa shape index (κ2) is 12.6. The molecule has 1 saturated carbocycles. The maximum Gasteiger partial charge on any atom is 0.207 e. The normalized spacial score (nSPS) is 40.8. The summed E-state index contributed by atoms with van der Waals surface area (Å²) in [5.74, 6) is 0.715. The summed E-state index contributed by atoms with van der Waals surface area (Å²) in [6, 6.07) is -1.23. The Morgan fingerprint density at radius 1 is 1.32 bits per heavy atom. The van der Waals surface area contributed by atoms with Gasteiger partial charge in [-0.3, -0.25) is 4.79 Å². The first kappa shape index (κ1) is 27.2. The van der Waals surface area contributed by atoms with Crippen LogP contribution in [-0.4, -0.2) is 108 Å². The molecule has 196 valence electrons. The van der Waals surface area contributed by atoms with Gasteiger partial charge in [0.25, 0.3) is 0 Å². The van der Waals surface area contributed by atoms with Crippen molar-refractivity contribution in [3.63, 3.8) is 0 Å². The smallest absolute Gasteiger partial charge is 0.207 e. The monoisotopic (exact) mass is 489 g/mol. The lowest BCUT2D eigenvalue weighted by Gasteiger charge is -2.46. The van der Waals surface area contributed by atoms with E-state index in [4.69, 9.17) is 29.8 Å². The molecule has 1 amide bonds. The zero-order chi connectivity index (χ0) is 24.7. The number of ether oxygens (including phenoxy) is 4. The molecule has 0 radical (unpaired) electrons. The van der Waals surface area contributed by atoms with E-state index in [-0.39, 0.29) is 26.1 Å². The van der Waals surface area contributed by atoms with Crippen LogP contribution >= 0.6 is 0 Å². The average Bonchev–Trinajstić information content (AvgIpc) is 2.78. The van der Waals surface area contributed by atoms with Crippen molar-refractivity contribution < 1.29 is 44.2 Å². The summed E-state index contributed by atoms with van der Waals surface area (Å²) in [5.41, 5.74) is 5.11. The lowest BCUT2D eigenvalue weighted by molar-refractivity contribution is -0.296. The van der Waals surface area contributed by atoms with Crippen LogP contribution in [0.5, 0.6) is 0 Å². The summed E-state index contributed by atoms with van der Waals surface area (Å²) in [6.07, 6.45) is -1.11. The Kier molecular flexibility index (Phi) is 10.1. The van der Waals surface area contributed by atoms with Gasteiger partial charge < -0.3 is 55.7 Å². The number of aliphatic hydroxyl groups excluding tert-OH is 3. The van der Waals surface area contributed by atoms with Crippen molar-refractivity contribution in [2.45, 2.75) is 93.7 Å². The number of nitrogens with two attached hydrogens (primary N) is 1. The van der Waals surface area contributed by atoms with Gasteiger partial charge in [0.2, 0.25) is 6.41 Å². The van der Waals surface area contributed by atoms with Gasteiger partial charge in [-0.15, -0.1) is 0 Å². The summed E-state index contributed by atoms with van der Waals surface area (Å²) in [4.78, 5) is 11.2. The van der Waals surface area contributed by atoms with Gasteiger partial charge in [-0.1, -0.05) is 0 Å². The molecule has 12 nitrogen and oxygen atoms in total. The number of carbonyl (C=O) groups excluding carboxylic acids is 1. The van der Waals surface area contributed by atoms with Crippen molar-refractivity contribution in [3.8, 4) is 0 Å². The molecule has 0 bridgehead atoms. The molecule has 3 aliphatic rings. The molecule has 2 heterocycles. The molecule has 0 aromatic rings. The van der Waals surface area contributed by atoms with Crippen LogP contribution in [0.4, 0.5) is 0 Å². The Balaban J connectivity index is 1.62. The minimum atomic E-state index is -1.24. The molecule has 1 saturated heterocycles. The highest BCUT2D eigenvalue weighted by Gasteiger charge is 2.48. The molecule has 2 fully saturated rings. The van der Waals surface area contributed by atoms with E-state index in [1.54, 1.807) is 6.92 Å². The third-order valence-electron chi connectivity index (χ3n) is 6.29. The summed E-state index contributed by atoms with van der Waals surface area (Å²) in [5, 5.41) is 46.3. The molecule has 0 spiro atoms. The molecule has 8 N–H and O–H groups in total. The van der Waals surface area contributed by atoms with E-state index in [1.165, 1.54) is 0 Å². The summed E-state index contributed by atoms with van der Waals surface area (Å²) in [6.45, 7) is 2.78. The van der Waals surface area contributed by atoms with E-state index in [0.717, 1.165) is 6.42 Å². The quantitative estimate of drug-likeness (QED) is 0.124. The standard InChI is InChI=1S/C22H39N3O9/c1-22(30)9-16(28)21(31-11-22)34-20-15(25-12-27)8-14(23)19(18(20)29)33-17-5-2-4-13(32-17)10-24-6-3-7-26/h4,12,14-21,24,26,28-30H,2-3,5-11,23H2,1H3,(H,25,27)/t14?,15?,16?,17-,18?,19-,20+,21?,22-/m1/s1. The number of nitrogens with one attached hydrogen (secondary N) is 2. The highest BCUT2D eigenvalue weighted by atomic mass is 16.7. The zero-order valence-corrected chi connectivity index (χ0v) is 19.5. The Bertz CT molecular complexity index is 680. The predicted octanol–water partition coefficient (Wildman–Crippen LogP) is -2.19.